The molecule has 1 aromatic rings. The minimum absolute atomic E-state index is 0. The second-order valence-electron chi connectivity index (χ2n) is 6.43. The van der Waals surface area contributed by atoms with Crippen molar-refractivity contribution in [1.29, 1.82) is 0 Å². The average Bonchev–Trinajstić information content (AvgIpc) is 3.32. The molecular weight excluding hydrogens is 433 g/mol. The van der Waals surface area contributed by atoms with Crippen LogP contribution in [-0.2, 0) is 12.8 Å². The van der Waals surface area contributed by atoms with Gasteiger partial charge in [-0.25, -0.2) is 4.98 Å². The number of aromatic nitrogens is 1. The summed E-state index contributed by atoms with van der Waals surface area (Å²) >= 11 is 1.83. The second kappa shape index (κ2) is 9.91. The normalized spacial score (nSPS) is 22.0. The van der Waals surface area contributed by atoms with Gasteiger partial charge in [0.15, 0.2) is 5.96 Å². The van der Waals surface area contributed by atoms with Crippen LogP contribution in [-0.4, -0.2) is 66.6 Å². The van der Waals surface area contributed by atoms with Gasteiger partial charge < -0.3 is 10.2 Å². The Balaban J connectivity index is 0.00000208. The third-order valence-corrected chi connectivity index (χ3v) is 6.11. The maximum atomic E-state index is 4.49. The van der Waals surface area contributed by atoms with Crippen LogP contribution in [0.4, 0.5) is 0 Å². The van der Waals surface area contributed by atoms with E-state index in [2.05, 4.69) is 32.0 Å². The third-order valence-electron chi connectivity index (χ3n) is 4.90. The number of hydrogen-bond donors (Lipinski definition) is 1. The summed E-state index contributed by atoms with van der Waals surface area (Å²) in [7, 11) is 1.89. The number of rotatable bonds is 5. The molecule has 3 rings (SSSR count). The van der Waals surface area contributed by atoms with E-state index in [0.29, 0.717) is 0 Å². The molecule has 2 fully saturated rings. The first-order valence-electron chi connectivity index (χ1n) is 8.93. The van der Waals surface area contributed by atoms with Crippen LogP contribution in [0.15, 0.2) is 11.2 Å². The van der Waals surface area contributed by atoms with Crippen molar-refractivity contribution in [2.75, 3.05) is 39.8 Å². The number of likely N-dealkylation sites (tertiary alicyclic amines) is 2. The van der Waals surface area contributed by atoms with Gasteiger partial charge in [0.05, 0.1) is 5.01 Å². The van der Waals surface area contributed by atoms with Crippen molar-refractivity contribution in [1.82, 2.24) is 20.1 Å². The van der Waals surface area contributed by atoms with Crippen molar-refractivity contribution < 1.29 is 0 Å². The summed E-state index contributed by atoms with van der Waals surface area (Å²) < 4.78 is 0. The van der Waals surface area contributed by atoms with Crippen LogP contribution in [0.25, 0.3) is 0 Å². The molecular formula is C17H30IN5S. The van der Waals surface area contributed by atoms with E-state index in [-0.39, 0.29) is 24.0 Å². The number of aryl methyl sites for hydroxylation is 1. The molecule has 136 valence electrons. The van der Waals surface area contributed by atoms with Crippen molar-refractivity contribution in [3.63, 3.8) is 0 Å². The van der Waals surface area contributed by atoms with Crippen molar-refractivity contribution in [3.05, 3.63) is 16.1 Å². The topological polar surface area (TPSA) is 43.8 Å². The summed E-state index contributed by atoms with van der Waals surface area (Å²) in [6.07, 6.45) is 8.09. The Morgan fingerprint density at radius 1 is 1.38 bits per heavy atom. The molecule has 1 unspecified atom stereocenters. The molecule has 0 radical (unpaired) electrons. The van der Waals surface area contributed by atoms with Crippen LogP contribution in [0.1, 0.15) is 36.1 Å². The van der Waals surface area contributed by atoms with Crippen molar-refractivity contribution in [3.8, 4) is 0 Å². The molecule has 5 nitrogen and oxygen atoms in total. The lowest BCUT2D eigenvalue weighted by Gasteiger charge is -2.25. The lowest BCUT2D eigenvalue weighted by molar-refractivity contribution is 0.249. The summed E-state index contributed by atoms with van der Waals surface area (Å²) in [5.74, 6) is 1.05. The molecule has 0 saturated carbocycles. The molecule has 0 amide bonds. The Labute approximate surface area is 166 Å². The monoisotopic (exact) mass is 463 g/mol. The molecule has 7 heteroatoms. The molecule has 1 aromatic heterocycles. The highest BCUT2D eigenvalue weighted by atomic mass is 127. The van der Waals surface area contributed by atoms with E-state index in [9.17, 15) is 0 Å². The highest BCUT2D eigenvalue weighted by Crippen LogP contribution is 2.20. The number of nitrogens with zero attached hydrogens (tertiary/aromatic N) is 4. The molecule has 0 aromatic carbocycles. The number of aliphatic imine (C=N–C) groups is 1. The zero-order chi connectivity index (χ0) is 16.1. The molecule has 2 aliphatic rings. The van der Waals surface area contributed by atoms with Gasteiger partial charge in [-0.05, 0) is 38.8 Å². The molecule has 1 N–H and O–H groups in total. The number of thiazole rings is 1. The van der Waals surface area contributed by atoms with Gasteiger partial charge in [0.2, 0.25) is 0 Å². The van der Waals surface area contributed by atoms with Crippen molar-refractivity contribution in [2.24, 2.45) is 4.99 Å². The first-order valence-corrected chi connectivity index (χ1v) is 9.75. The zero-order valence-electron chi connectivity index (χ0n) is 14.8. The highest BCUT2D eigenvalue weighted by Gasteiger charge is 2.30. The minimum atomic E-state index is 0. The fraction of sp³-hybridized carbons (Fsp3) is 0.765. The predicted molar refractivity (Wildman–Crippen MR) is 113 cm³/mol. The maximum absolute atomic E-state index is 4.49. The summed E-state index contributed by atoms with van der Waals surface area (Å²) in [6, 6.07) is 0.724. The number of halogens is 1. The molecule has 0 spiro atoms. The standard InChI is InChI=1S/C17H29N5S.HI/c1-3-15-12-20-16(23-15)6-8-19-17(18-2)22-11-7-14(13-22)21-9-4-5-10-21;/h12,14H,3-11,13H2,1-2H3,(H,18,19);1H. The molecule has 2 aliphatic heterocycles. The largest absolute Gasteiger partial charge is 0.356 e. The van der Waals surface area contributed by atoms with E-state index in [0.717, 1.165) is 44.5 Å². The van der Waals surface area contributed by atoms with Crippen molar-refractivity contribution in [2.45, 2.75) is 45.1 Å². The molecule has 0 bridgehead atoms. The van der Waals surface area contributed by atoms with E-state index in [4.69, 9.17) is 0 Å². The van der Waals surface area contributed by atoms with Crippen LogP contribution >= 0.6 is 35.3 Å². The van der Waals surface area contributed by atoms with E-state index < -0.39 is 0 Å². The van der Waals surface area contributed by atoms with Gasteiger partial charge in [-0.15, -0.1) is 35.3 Å². The number of hydrogen-bond acceptors (Lipinski definition) is 4. The first-order chi connectivity index (χ1) is 11.3. The lowest BCUT2D eigenvalue weighted by atomic mass is 10.2. The van der Waals surface area contributed by atoms with Gasteiger partial charge in [0, 0.05) is 50.2 Å². The van der Waals surface area contributed by atoms with Crippen LogP contribution in [0.5, 0.6) is 0 Å². The SMILES string of the molecule is CCc1cnc(CCNC(=NC)N2CCC(N3CCCC3)C2)s1.I. The fourth-order valence-corrected chi connectivity index (χ4v) is 4.44. The van der Waals surface area contributed by atoms with Gasteiger partial charge in [-0.3, -0.25) is 9.89 Å². The van der Waals surface area contributed by atoms with Gasteiger partial charge in [-0.1, -0.05) is 6.92 Å². The van der Waals surface area contributed by atoms with E-state index in [1.807, 2.05) is 24.6 Å². The van der Waals surface area contributed by atoms with E-state index in [1.54, 1.807) is 0 Å². The number of nitrogens with one attached hydrogen (secondary N) is 1. The second-order valence-corrected chi connectivity index (χ2v) is 7.63. The molecule has 2 saturated heterocycles. The van der Waals surface area contributed by atoms with E-state index in [1.165, 1.54) is 42.2 Å². The zero-order valence-corrected chi connectivity index (χ0v) is 18.0. The Kier molecular flexibility index (Phi) is 8.22. The van der Waals surface area contributed by atoms with Crippen LogP contribution in [0, 0.1) is 0 Å². The van der Waals surface area contributed by atoms with Crippen LogP contribution < -0.4 is 5.32 Å². The third kappa shape index (κ3) is 5.05. The van der Waals surface area contributed by atoms with Gasteiger partial charge >= 0.3 is 0 Å². The Morgan fingerprint density at radius 3 is 2.83 bits per heavy atom. The summed E-state index contributed by atoms with van der Waals surface area (Å²) in [6.45, 7) is 7.91. The van der Waals surface area contributed by atoms with Gasteiger partial charge in [-0.2, -0.15) is 0 Å². The van der Waals surface area contributed by atoms with Crippen LogP contribution in [0.2, 0.25) is 0 Å². The Morgan fingerprint density at radius 2 is 2.17 bits per heavy atom. The molecule has 3 heterocycles. The average molecular weight is 463 g/mol. The lowest BCUT2D eigenvalue weighted by Crippen LogP contribution is -2.43. The maximum Gasteiger partial charge on any atom is 0.193 e. The fourth-order valence-electron chi connectivity index (χ4n) is 3.58. The summed E-state index contributed by atoms with van der Waals surface area (Å²) in [4.78, 5) is 15.4. The molecule has 1 atom stereocenters. The van der Waals surface area contributed by atoms with Crippen LogP contribution in [0.3, 0.4) is 0 Å². The summed E-state index contributed by atoms with van der Waals surface area (Å²) in [5.41, 5.74) is 0. The smallest absolute Gasteiger partial charge is 0.193 e. The first kappa shape index (κ1) is 19.9. The molecule has 24 heavy (non-hydrogen) atoms. The summed E-state index contributed by atoms with van der Waals surface area (Å²) in [5, 5.41) is 4.75. The minimum Gasteiger partial charge on any atom is -0.356 e. The predicted octanol–water partition coefficient (Wildman–Crippen LogP) is 2.61. The Bertz CT molecular complexity index is 527. The van der Waals surface area contributed by atoms with E-state index >= 15 is 0 Å². The van der Waals surface area contributed by atoms with Crippen molar-refractivity contribution >= 4 is 41.3 Å². The molecule has 0 aliphatic carbocycles. The Hall–Kier alpha value is -0.410. The van der Waals surface area contributed by atoms with Gasteiger partial charge in [0.1, 0.15) is 0 Å². The quantitative estimate of drug-likeness (QED) is 0.414. The number of guanidine groups is 1. The highest BCUT2D eigenvalue weighted by molar-refractivity contribution is 14.0. The van der Waals surface area contributed by atoms with Gasteiger partial charge in [0.25, 0.3) is 0 Å².